The summed E-state index contributed by atoms with van der Waals surface area (Å²) in [5.41, 5.74) is 7.01. The summed E-state index contributed by atoms with van der Waals surface area (Å²) in [4.78, 5) is 40.0. The summed E-state index contributed by atoms with van der Waals surface area (Å²) in [6.45, 7) is 4.04. The molecular formula is C38H33N3O3S. The van der Waals surface area contributed by atoms with E-state index in [1.165, 1.54) is 17.3 Å². The first-order valence-electron chi connectivity index (χ1n) is 14.5. The lowest BCUT2D eigenvalue weighted by atomic mass is 10.0. The van der Waals surface area contributed by atoms with Crippen LogP contribution in [0.2, 0.25) is 0 Å². The summed E-state index contributed by atoms with van der Waals surface area (Å²) in [6.07, 6.45) is 1.65. The molecule has 0 spiro atoms. The normalized spacial score (nSPS) is 11.0. The first-order chi connectivity index (χ1) is 21.8. The molecule has 0 fully saturated rings. The number of carbonyl (C=O) groups is 3. The molecule has 6 nitrogen and oxygen atoms in total. The largest absolute Gasteiger partial charge is 0.325 e. The molecular weight excluding hydrogens is 579 g/mol. The maximum Gasteiger partial charge on any atom is 0.272 e. The lowest BCUT2D eigenvalue weighted by molar-refractivity contribution is -0.114. The van der Waals surface area contributed by atoms with Gasteiger partial charge in [-0.1, -0.05) is 84.9 Å². The van der Waals surface area contributed by atoms with Crippen molar-refractivity contribution in [3.05, 3.63) is 155 Å². The molecule has 0 aliphatic heterocycles. The van der Waals surface area contributed by atoms with Crippen molar-refractivity contribution >= 4 is 46.9 Å². The van der Waals surface area contributed by atoms with Crippen LogP contribution in [0.3, 0.4) is 0 Å². The molecule has 0 unspecified atom stereocenters. The van der Waals surface area contributed by atoms with E-state index >= 15 is 0 Å². The zero-order valence-electron chi connectivity index (χ0n) is 25.0. The van der Waals surface area contributed by atoms with E-state index in [9.17, 15) is 14.4 Å². The molecule has 0 aliphatic carbocycles. The van der Waals surface area contributed by atoms with Gasteiger partial charge in [-0.2, -0.15) is 0 Å². The minimum absolute atomic E-state index is 0.0992. The van der Waals surface area contributed by atoms with E-state index in [4.69, 9.17) is 0 Å². The molecule has 45 heavy (non-hydrogen) atoms. The van der Waals surface area contributed by atoms with Gasteiger partial charge in [-0.3, -0.25) is 14.4 Å². The van der Waals surface area contributed by atoms with E-state index in [2.05, 4.69) is 16.0 Å². The van der Waals surface area contributed by atoms with Crippen LogP contribution in [0.25, 0.3) is 17.2 Å². The van der Waals surface area contributed by atoms with Gasteiger partial charge in [0.05, 0.1) is 5.75 Å². The first kappa shape index (κ1) is 31.0. The lowest BCUT2D eigenvalue weighted by Gasteiger charge is -2.12. The van der Waals surface area contributed by atoms with E-state index in [1.807, 2.05) is 105 Å². The molecule has 0 heterocycles. The third kappa shape index (κ3) is 8.81. The van der Waals surface area contributed by atoms with Crippen LogP contribution in [-0.4, -0.2) is 23.5 Å². The molecule has 0 aromatic heterocycles. The summed E-state index contributed by atoms with van der Waals surface area (Å²) >= 11 is 1.37. The van der Waals surface area contributed by atoms with E-state index < -0.39 is 11.8 Å². The number of thioether (sulfide) groups is 1. The van der Waals surface area contributed by atoms with E-state index in [0.717, 1.165) is 32.8 Å². The molecule has 224 valence electrons. The van der Waals surface area contributed by atoms with Gasteiger partial charge in [0, 0.05) is 21.8 Å². The van der Waals surface area contributed by atoms with Crippen LogP contribution in [0.5, 0.6) is 0 Å². The highest BCUT2D eigenvalue weighted by atomic mass is 32.2. The Hall–Kier alpha value is -5.40. The standard InChI is InChI=1S/C38H33N3O3S/c1-26-16-21-33(22-27(26)2)39-36(42)25-45-34-15-9-14-32(24-34)40-38(44)35(41-37(43)31-12-7-4-8-13-31)23-28-17-19-30(20-18-28)29-10-5-3-6-11-29/h3-24H,25H2,1-2H3,(H,39,42)(H,40,44)(H,41,43)/b35-23+. The quantitative estimate of drug-likeness (QED) is 0.110. The number of amides is 3. The highest BCUT2D eigenvalue weighted by Gasteiger charge is 2.16. The molecule has 0 saturated heterocycles. The fourth-order valence-electron chi connectivity index (χ4n) is 4.54. The molecule has 5 rings (SSSR count). The van der Waals surface area contributed by atoms with Crippen molar-refractivity contribution in [2.45, 2.75) is 18.7 Å². The Bertz CT molecular complexity index is 1840. The molecule has 0 saturated carbocycles. The zero-order valence-corrected chi connectivity index (χ0v) is 25.9. The van der Waals surface area contributed by atoms with Gasteiger partial charge in [-0.25, -0.2) is 0 Å². The van der Waals surface area contributed by atoms with E-state index in [1.54, 1.807) is 42.5 Å². The van der Waals surface area contributed by atoms with Crippen molar-refractivity contribution < 1.29 is 14.4 Å². The van der Waals surface area contributed by atoms with Crippen LogP contribution >= 0.6 is 11.8 Å². The van der Waals surface area contributed by atoms with Crippen molar-refractivity contribution in [3.63, 3.8) is 0 Å². The molecule has 3 amide bonds. The SMILES string of the molecule is Cc1ccc(NC(=O)CSc2cccc(NC(=O)/C(=C\c3ccc(-c4ccccc4)cc3)NC(=O)c3ccccc3)c2)cc1C. The number of benzene rings is 5. The molecule has 3 N–H and O–H groups in total. The summed E-state index contributed by atoms with van der Waals surface area (Å²) < 4.78 is 0. The monoisotopic (exact) mass is 611 g/mol. The number of nitrogens with one attached hydrogen (secondary N) is 3. The van der Waals surface area contributed by atoms with Crippen molar-refractivity contribution in [1.29, 1.82) is 0 Å². The predicted octanol–water partition coefficient (Wildman–Crippen LogP) is 8.11. The van der Waals surface area contributed by atoms with Gasteiger partial charge in [0.2, 0.25) is 5.91 Å². The van der Waals surface area contributed by atoms with Crippen LogP contribution in [0.1, 0.15) is 27.0 Å². The van der Waals surface area contributed by atoms with E-state index in [-0.39, 0.29) is 17.4 Å². The third-order valence-corrected chi connectivity index (χ3v) is 8.10. The van der Waals surface area contributed by atoms with Gasteiger partial charge < -0.3 is 16.0 Å². The third-order valence-electron chi connectivity index (χ3n) is 7.11. The van der Waals surface area contributed by atoms with Crippen LogP contribution in [-0.2, 0) is 9.59 Å². The topological polar surface area (TPSA) is 87.3 Å². The summed E-state index contributed by atoms with van der Waals surface area (Å²) in [5, 5.41) is 8.62. The Balaban J connectivity index is 1.29. The Labute approximate surface area is 267 Å². The molecule has 0 bridgehead atoms. The number of hydrogen-bond acceptors (Lipinski definition) is 4. The number of rotatable bonds is 10. The molecule has 5 aromatic rings. The fourth-order valence-corrected chi connectivity index (χ4v) is 5.29. The highest BCUT2D eigenvalue weighted by Crippen LogP contribution is 2.24. The van der Waals surface area contributed by atoms with Gasteiger partial charge in [-0.05, 0) is 90.2 Å². The molecule has 0 aliphatic rings. The van der Waals surface area contributed by atoms with Crippen LogP contribution < -0.4 is 16.0 Å². The van der Waals surface area contributed by atoms with Gasteiger partial charge in [0.25, 0.3) is 11.8 Å². The molecule has 7 heteroatoms. The minimum atomic E-state index is -0.471. The minimum Gasteiger partial charge on any atom is -0.325 e. The smallest absolute Gasteiger partial charge is 0.272 e. The molecule has 0 atom stereocenters. The van der Waals surface area contributed by atoms with Gasteiger partial charge in [-0.15, -0.1) is 11.8 Å². The number of aryl methyl sites for hydroxylation is 2. The number of hydrogen-bond donors (Lipinski definition) is 3. The second kappa shape index (κ2) is 14.9. The van der Waals surface area contributed by atoms with Crippen LogP contribution in [0.4, 0.5) is 11.4 Å². The molecule has 0 radical (unpaired) electrons. The fraction of sp³-hybridized carbons (Fsp3) is 0.0789. The van der Waals surface area contributed by atoms with Crippen LogP contribution in [0, 0.1) is 13.8 Å². The summed E-state index contributed by atoms with van der Waals surface area (Å²) in [5.74, 6) is -0.774. The van der Waals surface area contributed by atoms with Crippen molar-refractivity contribution in [2.75, 3.05) is 16.4 Å². The average Bonchev–Trinajstić information content (AvgIpc) is 3.06. The van der Waals surface area contributed by atoms with Gasteiger partial charge in [0.1, 0.15) is 5.70 Å². The highest BCUT2D eigenvalue weighted by molar-refractivity contribution is 8.00. The summed E-state index contributed by atoms with van der Waals surface area (Å²) in [7, 11) is 0. The summed E-state index contributed by atoms with van der Waals surface area (Å²) in [6, 6.07) is 39.6. The lowest BCUT2D eigenvalue weighted by Crippen LogP contribution is -2.30. The zero-order chi connectivity index (χ0) is 31.6. The predicted molar refractivity (Wildman–Crippen MR) is 184 cm³/mol. The van der Waals surface area contributed by atoms with Crippen molar-refractivity contribution in [2.24, 2.45) is 0 Å². The van der Waals surface area contributed by atoms with Crippen LogP contribution in [0.15, 0.2) is 138 Å². The Kier molecular flexibility index (Phi) is 10.2. The first-order valence-corrected chi connectivity index (χ1v) is 15.5. The number of carbonyl (C=O) groups excluding carboxylic acids is 3. The van der Waals surface area contributed by atoms with Gasteiger partial charge in [0.15, 0.2) is 0 Å². The maximum absolute atomic E-state index is 13.5. The second-order valence-electron chi connectivity index (χ2n) is 10.5. The number of anilines is 2. The average molecular weight is 612 g/mol. The Morgan fingerprint density at radius 1 is 0.644 bits per heavy atom. The van der Waals surface area contributed by atoms with Crippen molar-refractivity contribution in [1.82, 2.24) is 5.32 Å². The maximum atomic E-state index is 13.5. The molecule has 5 aromatic carbocycles. The van der Waals surface area contributed by atoms with E-state index in [0.29, 0.717) is 11.3 Å². The van der Waals surface area contributed by atoms with Crippen molar-refractivity contribution in [3.8, 4) is 11.1 Å². The second-order valence-corrected chi connectivity index (χ2v) is 11.5. The van der Waals surface area contributed by atoms with Gasteiger partial charge >= 0.3 is 0 Å². The Morgan fingerprint density at radius 3 is 2.02 bits per heavy atom. The Morgan fingerprint density at radius 2 is 1.31 bits per heavy atom.